The van der Waals surface area contributed by atoms with Crippen LogP contribution in [0.1, 0.15) is 18.4 Å². The Labute approximate surface area is 113 Å². The molecule has 19 heavy (non-hydrogen) atoms. The third kappa shape index (κ3) is 7.43. The van der Waals surface area contributed by atoms with Gasteiger partial charge in [-0.3, -0.25) is 0 Å². The first-order chi connectivity index (χ1) is 8.87. The van der Waals surface area contributed by atoms with Crippen LogP contribution in [0.15, 0.2) is 24.3 Å². The number of urea groups is 1. The molecule has 0 aromatic heterocycles. The number of anilines is 1. The van der Waals surface area contributed by atoms with Gasteiger partial charge in [-0.05, 0) is 31.9 Å². The van der Waals surface area contributed by atoms with Gasteiger partial charge in [0.15, 0.2) is 0 Å². The van der Waals surface area contributed by atoms with Crippen LogP contribution in [-0.2, 0) is 10.1 Å². The molecule has 6 nitrogen and oxygen atoms in total. The van der Waals surface area contributed by atoms with Crippen molar-refractivity contribution in [2.75, 3.05) is 17.6 Å². The quantitative estimate of drug-likeness (QED) is 0.610. The van der Waals surface area contributed by atoms with E-state index in [-0.39, 0.29) is 12.5 Å². The Balaban J connectivity index is 2.20. The average molecular weight is 285 g/mol. The number of carbonyl (C=O) groups excluding carboxylic acids is 1. The SMILES string of the molecule is Cc1ccc(NC(=O)NCCCCS(=O)(=O)[O-])cc1. The minimum absolute atomic E-state index is 0.247. The van der Waals surface area contributed by atoms with E-state index < -0.39 is 15.9 Å². The third-order valence-corrected chi connectivity index (χ3v) is 3.20. The molecule has 0 heterocycles. The molecule has 0 unspecified atom stereocenters. The van der Waals surface area contributed by atoms with E-state index in [0.29, 0.717) is 18.7 Å². The molecule has 1 aromatic rings. The fraction of sp³-hybridized carbons (Fsp3) is 0.417. The van der Waals surface area contributed by atoms with Crippen LogP contribution in [0.3, 0.4) is 0 Å². The Morgan fingerprint density at radius 2 is 1.84 bits per heavy atom. The van der Waals surface area contributed by atoms with Crippen LogP contribution < -0.4 is 10.6 Å². The number of aryl methyl sites for hydroxylation is 1. The summed E-state index contributed by atoms with van der Waals surface area (Å²) in [4.78, 5) is 11.5. The average Bonchev–Trinajstić information content (AvgIpc) is 2.30. The van der Waals surface area contributed by atoms with Crippen molar-refractivity contribution >= 4 is 21.8 Å². The summed E-state index contributed by atoms with van der Waals surface area (Å²) >= 11 is 0. The summed E-state index contributed by atoms with van der Waals surface area (Å²) in [7, 11) is -4.16. The van der Waals surface area contributed by atoms with Crippen molar-refractivity contribution < 1.29 is 17.8 Å². The summed E-state index contributed by atoms with van der Waals surface area (Å²) in [5, 5.41) is 5.23. The fourth-order valence-electron chi connectivity index (χ4n) is 1.42. The van der Waals surface area contributed by atoms with Crippen molar-refractivity contribution in [1.29, 1.82) is 0 Å². The molecule has 1 aromatic carbocycles. The molecule has 106 valence electrons. The van der Waals surface area contributed by atoms with Crippen molar-refractivity contribution in [3.8, 4) is 0 Å². The van der Waals surface area contributed by atoms with Gasteiger partial charge in [-0.2, -0.15) is 0 Å². The molecule has 7 heteroatoms. The standard InChI is InChI=1S/C12H18N2O4S/c1-10-4-6-11(7-5-10)14-12(15)13-8-2-3-9-19(16,17)18/h4-7H,2-3,8-9H2,1H3,(H2,13,14,15)(H,16,17,18)/p-1. The number of unbranched alkanes of at least 4 members (excludes halogenated alkanes) is 1. The van der Waals surface area contributed by atoms with E-state index in [1.165, 1.54) is 0 Å². The topological polar surface area (TPSA) is 98.3 Å². The van der Waals surface area contributed by atoms with Crippen molar-refractivity contribution in [3.63, 3.8) is 0 Å². The van der Waals surface area contributed by atoms with Crippen LogP contribution in [0, 0.1) is 6.92 Å². The summed E-state index contributed by atoms with van der Waals surface area (Å²) in [6.45, 7) is 2.28. The highest BCUT2D eigenvalue weighted by atomic mass is 32.2. The summed E-state index contributed by atoms with van der Waals surface area (Å²) in [5.41, 5.74) is 1.79. The minimum Gasteiger partial charge on any atom is -0.748 e. The van der Waals surface area contributed by atoms with E-state index in [2.05, 4.69) is 10.6 Å². The maximum atomic E-state index is 11.5. The molecule has 2 amide bonds. The molecule has 0 saturated carbocycles. The van der Waals surface area contributed by atoms with Crippen LogP contribution >= 0.6 is 0 Å². The first-order valence-corrected chi connectivity index (χ1v) is 7.50. The molecular formula is C12H17N2O4S-. The lowest BCUT2D eigenvalue weighted by Crippen LogP contribution is -2.29. The lowest BCUT2D eigenvalue weighted by Gasteiger charge is -2.09. The molecule has 0 aliphatic rings. The van der Waals surface area contributed by atoms with Crippen LogP contribution in [0.2, 0.25) is 0 Å². The number of carbonyl (C=O) groups is 1. The van der Waals surface area contributed by atoms with E-state index in [9.17, 15) is 17.8 Å². The van der Waals surface area contributed by atoms with Gasteiger partial charge >= 0.3 is 6.03 Å². The van der Waals surface area contributed by atoms with Gasteiger partial charge in [-0.15, -0.1) is 0 Å². The second kappa shape index (κ2) is 7.10. The zero-order valence-electron chi connectivity index (χ0n) is 10.7. The highest BCUT2D eigenvalue weighted by Crippen LogP contribution is 2.07. The summed E-state index contributed by atoms with van der Waals surface area (Å²) in [5.74, 6) is -0.395. The molecule has 0 fully saturated rings. The first-order valence-electron chi connectivity index (χ1n) is 5.92. The van der Waals surface area contributed by atoms with Crippen molar-refractivity contribution in [2.24, 2.45) is 0 Å². The third-order valence-electron chi connectivity index (χ3n) is 2.42. The first kappa shape index (κ1) is 15.5. The molecule has 1 rings (SSSR count). The Morgan fingerprint density at radius 1 is 1.21 bits per heavy atom. The molecular weight excluding hydrogens is 268 g/mol. The van der Waals surface area contributed by atoms with E-state index in [1.54, 1.807) is 12.1 Å². The molecule has 0 bridgehead atoms. The van der Waals surface area contributed by atoms with Gasteiger partial charge in [0, 0.05) is 18.0 Å². The lowest BCUT2D eigenvalue weighted by molar-refractivity contribution is 0.252. The lowest BCUT2D eigenvalue weighted by atomic mass is 10.2. The Kier molecular flexibility index (Phi) is 5.78. The van der Waals surface area contributed by atoms with E-state index in [1.807, 2.05) is 19.1 Å². The minimum atomic E-state index is -4.16. The highest BCUT2D eigenvalue weighted by molar-refractivity contribution is 7.85. The molecule has 0 aliphatic heterocycles. The predicted octanol–water partition coefficient (Wildman–Crippen LogP) is 1.44. The highest BCUT2D eigenvalue weighted by Gasteiger charge is 2.01. The van der Waals surface area contributed by atoms with Gasteiger partial charge in [0.25, 0.3) is 0 Å². The van der Waals surface area contributed by atoms with Gasteiger partial charge in [-0.25, -0.2) is 13.2 Å². The van der Waals surface area contributed by atoms with E-state index >= 15 is 0 Å². The van der Waals surface area contributed by atoms with Gasteiger partial charge in [0.05, 0.1) is 10.1 Å². The number of hydrogen-bond acceptors (Lipinski definition) is 4. The number of hydrogen-bond donors (Lipinski definition) is 2. The normalized spacial score (nSPS) is 11.1. The number of amides is 2. The molecule has 2 N–H and O–H groups in total. The smallest absolute Gasteiger partial charge is 0.319 e. The van der Waals surface area contributed by atoms with Crippen LogP contribution in [0.25, 0.3) is 0 Å². The molecule has 0 aliphatic carbocycles. The number of rotatable bonds is 6. The van der Waals surface area contributed by atoms with E-state index in [4.69, 9.17) is 0 Å². The number of benzene rings is 1. The Hall–Kier alpha value is -1.60. The Bertz CT molecular complexity index is 511. The van der Waals surface area contributed by atoms with E-state index in [0.717, 1.165) is 5.56 Å². The van der Waals surface area contributed by atoms with Gasteiger partial charge in [0.2, 0.25) is 0 Å². The maximum Gasteiger partial charge on any atom is 0.319 e. The van der Waals surface area contributed by atoms with Crippen LogP contribution in [0.5, 0.6) is 0 Å². The molecule has 0 spiro atoms. The second-order valence-electron chi connectivity index (χ2n) is 4.22. The Morgan fingerprint density at radius 3 is 2.42 bits per heavy atom. The molecule has 0 radical (unpaired) electrons. The van der Waals surface area contributed by atoms with Gasteiger partial charge in [0.1, 0.15) is 0 Å². The number of nitrogens with one attached hydrogen (secondary N) is 2. The van der Waals surface area contributed by atoms with Crippen LogP contribution in [0.4, 0.5) is 10.5 Å². The zero-order chi connectivity index (χ0) is 14.3. The molecule has 0 saturated heterocycles. The van der Waals surface area contributed by atoms with Crippen molar-refractivity contribution in [3.05, 3.63) is 29.8 Å². The summed E-state index contributed by atoms with van der Waals surface area (Å²) < 4.78 is 31.0. The van der Waals surface area contributed by atoms with Gasteiger partial charge < -0.3 is 15.2 Å². The summed E-state index contributed by atoms with van der Waals surface area (Å²) in [6.07, 6.45) is 0.694. The van der Waals surface area contributed by atoms with Crippen LogP contribution in [-0.4, -0.2) is 31.3 Å². The van der Waals surface area contributed by atoms with Crippen molar-refractivity contribution in [1.82, 2.24) is 5.32 Å². The van der Waals surface area contributed by atoms with Gasteiger partial charge in [-0.1, -0.05) is 17.7 Å². The second-order valence-corrected chi connectivity index (χ2v) is 5.74. The molecule has 0 atom stereocenters. The fourth-order valence-corrected chi connectivity index (χ4v) is 1.98. The monoisotopic (exact) mass is 285 g/mol. The van der Waals surface area contributed by atoms with Crippen molar-refractivity contribution in [2.45, 2.75) is 19.8 Å². The summed E-state index contributed by atoms with van der Waals surface area (Å²) in [6, 6.07) is 7.00. The largest absolute Gasteiger partial charge is 0.748 e. The maximum absolute atomic E-state index is 11.5. The predicted molar refractivity (Wildman–Crippen MR) is 72.0 cm³/mol. The zero-order valence-corrected chi connectivity index (χ0v) is 11.5.